The maximum atomic E-state index is 12.1. The SMILES string of the molecule is COc1cc([N+](=O)[O-])cc2sc(NC(=O)COc3ccccc3[N+](=O)[O-])nc12. The second kappa shape index (κ2) is 7.84. The van der Waals surface area contributed by atoms with E-state index in [1.54, 1.807) is 6.07 Å². The number of hydrogen-bond donors (Lipinski definition) is 1. The maximum absolute atomic E-state index is 12.1. The van der Waals surface area contributed by atoms with E-state index in [-0.39, 0.29) is 28.0 Å². The molecule has 12 heteroatoms. The van der Waals surface area contributed by atoms with E-state index < -0.39 is 22.4 Å². The molecule has 2 aromatic carbocycles. The number of anilines is 1. The van der Waals surface area contributed by atoms with Gasteiger partial charge in [0.05, 0.1) is 27.7 Å². The first kappa shape index (κ1) is 19.0. The van der Waals surface area contributed by atoms with Crippen molar-refractivity contribution in [1.29, 1.82) is 0 Å². The largest absolute Gasteiger partial charge is 0.494 e. The first-order valence-corrected chi connectivity index (χ1v) is 8.49. The number of carbonyl (C=O) groups excluding carboxylic acids is 1. The molecule has 1 heterocycles. The molecule has 1 N–H and O–H groups in total. The minimum Gasteiger partial charge on any atom is -0.494 e. The summed E-state index contributed by atoms with van der Waals surface area (Å²) in [5, 5.41) is 24.6. The number of hydrogen-bond acceptors (Lipinski definition) is 9. The van der Waals surface area contributed by atoms with Crippen molar-refractivity contribution in [3.63, 3.8) is 0 Å². The van der Waals surface area contributed by atoms with Gasteiger partial charge in [-0.3, -0.25) is 30.3 Å². The molecule has 3 rings (SSSR count). The molecule has 11 nitrogen and oxygen atoms in total. The molecule has 144 valence electrons. The fourth-order valence-corrected chi connectivity index (χ4v) is 3.26. The number of rotatable bonds is 7. The van der Waals surface area contributed by atoms with Crippen LogP contribution in [0, 0.1) is 20.2 Å². The number of non-ortho nitro benzene ring substituents is 1. The van der Waals surface area contributed by atoms with Gasteiger partial charge in [-0.15, -0.1) is 0 Å². The second-order valence-corrected chi connectivity index (χ2v) is 6.36. The van der Waals surface area contributed by atoms with E-state index in [1.165, 1.54) is 37.4 Å². The Balaban J connectivity index is 1.75. The lowest BCUT2D eigenvalue weighted by molar-refractivity contribution is -0.385. The summed E-state index contributed by atoms with van der Waals surface area (Å²) >= 11 is 1.03. The minimum absolute atomic E-state index is 0.0377. The number of fused-ring (bicyclic) bond motifs is 1. The number of methoxy groups -OCH3 is 1. The molecule has 0 aliphatic carbocycles. The molecule has 0 saturated heterocycles. The van der Waals surface area contributed by atoms with Crippen LogP contribution in [-0.4, -0.2) is 34.5 Å². The van der Waals surface area contributed by atoms with Crippen molar-refractivity contribution in [3.8, 4) is 11.5 Å². The van der Waals surface area contributed by atoms with Gasteiger partial charge in [-0.25, -0.2) is 4.98 Å². The zero-order chi connectivity index (χ0) is 20.3. The van der Waals surface area contributed by atoms with Crippen LogP contribution in [0.2, 0.25) is 0 Å². The summed E-state index contributed by atoms with van der Waals surface area (Å²) in [7, 11) is 1.36. The molecular formula is C16H12N4O7S. The van der Waals surface area contributed by atoms with Gasteiger partial charge in [0.1, 0.15) is 5.52 Å². The summed E-state index contributed by atoms with van der Waals surface area (Å²) in [6.07, 6.45) is 0. The first-order valence-electron chi connectivity index (χ1n) is 7.68. The van der Waals surface area contributed by atoms with Gasteiger partial charge in [0.2, 0.25) is 0 Å². The Morgan fingerprint density at radius 3 is 2.61 bits per heavy atom. The van der Waals surface area contributed by atoms with Gasteiger partial charge in [0.15, 0.2) is 23.2 Å². The Kier molecular flexibility index (Phi) is 5.31. The normalized spacial score (nSPS) is 10.5. The number of carbonyl (C=O) groups is 1. The van der Waals surface area contributed by atoms with Crippen LogP contribution in [0.25, 0.3) is 10.2 Å². The summed E-state index contributed by atoms with van der Waals surface area (Å²) in [5.41, 5.74) is -0.0501. The van der Waals surface area contributed by atoms with Crippen molar-refractivity contribution in [2.75, 3.05) is 19.0 Å². The van der Waals surface area contributed by atoms with Crippen LogP contribution >= 0.6 is 11.3 Å². The van der Waals surface area contributed by atoms with Crippen molar-refractivity contribution in [2.45, 2.75) is 0 Å². The van der Waals surface area contributed by atoms with Crippen LogP contribution < -0.4 is 14.8 Å². The highest BCUT2D eigenvalue weighted by molar-refractivity contribution is 7.22. The monoisotopic (exact) mass is 404 g/mol. The van der Waals surface area contributed by atoms with Crippen LogP contribution in [-0.2, 0) is 4.79 Å². The second-order valence-electron chi connectivity index (χ2n) is 5.33. The zero-order valence-corrected chi connectivity index (χ0v) is 15.1. The fraction of sp³-hybridized carbons (Fsp3) is 0.125. The summed E-state index contributed by atoms with van der Waals surface area (Å²) in [6.45, 7) is -0.474. The lowest BCUT2D eigenvalue weighted by Gasteiger charge is -2.06. The molecule has 28 heavy (non-hydrogen) atoms. The topological polar surface area (TPSA) is 147 Å². The van der Waals surface area contributed by atoms with Crippen LogP contribution in [0.5, 0.6) is 11.5 Å². The highest BCUT2D eigenvalue weighted by atomic mass is 32.1. The Morgan fingerprint density at radius 2 is 1.93 bits per heavy atom. The van der Waals surface area contributed by atoms with Crippen molar-refractivity contribution in [2.24, 2.45) is 0 Å². The molecule has 0 bridgehead atoms. The number of nitro benzene ring substituents is 2. The molecule has 0 radical (unpaired) electrons. The van der Waals surface area contributed by atoms with E-state index in [1.807, 2.05) is 0 Å². The average molecular weight is 404 g/mol. The van der Waals surface area contributed by atoms with Gasteiger partial charge < -0.3 is 9.47 Å². The standard InChI is InChI=1S/C16H12N4O7S/c1-26-12-6-9(19(22)23)7-13-15(12)18-16(28-13)17-14(21)8-27-11-5-3-2-4-10(11)20(24)25/h2-7H,8H2,1H3,(H,17,18,21). The molecule has 1 amide bonds. The number of para-hydroxylation sites is 2. The van der Waals surface area contributed by atoms with E-state index in [9.17, 15) is 25.0 Å². The Hall–Kier alpha value is -3.80. The maximum Gasteiger partial charge on any atom is 0.310 e. The third-order valence-corrected chi connectivity index (χ3v) is 4.46. The molecule has 0 aliphatic rings. The number of thiazole rings is 1. The van der Waals surface area contributed by atoms with Gasteiger partial charge >= 0.3 is 5.69 Å². The van der Waals surface area contributed by atoms with Crippen molar-refractivity contribution in [3.05, 3.63) is 56.6 Å². The van der Waals surface area contributed by atoms with Crippen molar-refractivity contribution in [1.82, 2.24) is 4.98 Å². The first-order chi connectivity index (χ1) is 13.4. The predicted molar refractivity (Wildman–Crippen MR) is 100 cm³/mol. The molecule has 0 fully saturated rings. The average Bonchev–Trinajstić information content (AvgIpc) is 3.07. The van der Waals surface area contributed by atoms with Crippen molar-refractivity contribution >= 4 is 44.0 Å². The van der Waals surface area contributed by atoms with E-state index >= 15 is 0 Å². The van der Waals surface area contributed by atoms with E-state index in [0.717, 1.165) is 11.3 Å². The molecule has 0 spiro atoms. The van der Waals surface area contributed by atoms with Gasteiger partial charge in [-0.1, -0.05) is 23.5 Å². The van der Waals surface area contributed by atoms with Crippen LogP contribution in [0.15, 0.2) is 36.4 Å². The van der Waals surface area contributed by atoms with E-state index in [4.69, 9.17) is 9.47 Å². The number of nitro groups is 2. The minimum atomic E-state index is -0.611. The number of ether oxygens (including phenoxy) is 2. The van der Waals surface area contributed by atoms with Gasteiger partial charge in [0, 0.05) is 12.1 Å². The predicted octanol–water partition coefficient (Wildman–Crippen LogP) is 3.14. The third kappa shape index (κ3) is 3.96. The van der Waals surface area contributed by atoms with E-state index in [0.29, 0.717) is 10.2 Å². The quantitative estimate of drug-likeness (QED) is 0.466. The van der Waals surface area contributed by atoms with Crippen LogP contribution in [0.4, 0.5) is 16.5 Å². The number of amides is 1. The number of nitrogens with zero attached hydrogens (tertiary/aromatic N) is 3. The fourth-order valence-electron chi connectivity index (χ4n) is 2.33. The Bertz CT molecular complexity index is 1080. The molecular weight excluding hydrogens is 392 g/mol. The summed E-state index contributed by atoms with van der Waals surface area (Å²) < 4.78 is 10.8. The Morgan fingerprint density at radius 1 is 1.18 bits per heavy atom. The zero-order valence-electron chi connectivity index (χ0n) is 14.3. The highest BCUT2D eigenvalue weighted by Crippen LogP contribution is 2.36. The lowest BCUT2D eigenvalue weighted by Crippen LogP contribution is -2.20. The molecule has 1 aromatic heterocycles. The summed E-state index contributed by atoms with van der Waals surface area (Å²) in [5.74, 6) is -0.424. The van der Waals surface area contributed by atoms with Gasteiger partial charge in [0.25, 0.3) is 11.6 Å². The number of aromatic nitrogens is 1. The van der Waals surface area contributed by atoms with Crippen LogP contribution in [0.3, 0.4) is 0 Å². The van der Waals surface area contributed by atoms with E-state index in [2.05, 4.69) is 10.3 Å². The number of nitrogens with one attached hydrogen (secondary N) is 1. The van der Waals surface area contributed by atoms with Crippen molar-refractivity contribution < 1.29 is 24.1 Å². The lowest BCUT2D eigenvalue weighted by atomic mass is 10.3. The summed E-state index contributed by atoms with van der Waals surface area (Å²) in [6, 6.07) is 8.25. The molecule has 0 atom stereocenters. The molecule has 0 saturated carbocycles. The Labute approximate surface area is 160 Å². The number of benzene rings is 2. The molecule has 0 aliphatic heterocycles. The smallest absolute Gasteiger partial charge is 0.310 e. The van der Waals surface area contributed by atoms with Crippen LogP contribution in [0.1, 0.15) is 0 Å². The molecule has 3 aromatic rings. The van der Waals surface area contributed by atoms with Gasteiger partial charge in [-0.2, -0.15) is 0 Å². The molecule has 0 unspecified atom stereocenters. The van der Waals surface area contributed by atoms with Gasteiger partial charge in [-0.05, 0) is 6.07 Å². The summed E-state index contributed by atoms with van der Waals surface area (Å²) in [4.78, 5) is 37.1. The highest BCUT2D eigenvalue weighted by Gasteiger charge is 2.18. The third-order valence-electron chi connectivity index (χ3n) is 3.54.